The van der Waals surface area contributed by atoms with E-state index in [2.05, 4.69) is 17.0 Å². The van der Waals surface area contributed by atoms with E-state index in [1.165, 1.54) is 18.4 Å². The number of methoxy groups -OCH3 is 1. The van der Waals surface area contributed by atoms with Gasteiger partial charge in [-0.1, -0.05) is 12.1 Å². The van der Waals surface area contributed by atoms with Gasteiger partial charge in [0.05, 0.1) is 13.2 Å². The van der Waals surface area contributed by atoms with Gasteiger partial charge >= 0.3 is 0 Å². The number of anilines is 1. The Morgan fingerprint density at radius 3 is 2.58 bits per heavy atom. The van der Waals surface area contributed by atoms with Crippen LogP contribution < -0.4 is 19.1 Å². The Morgan fingerprint density at radius 2 is 1.88 bits per heavy atom. The van der Waals surface area contributed by atoms with Crippen molar-refractivity contribution in [1.82, 2.24) is 4.90 Å². The summed E-state index contributed by atoms with van der Waals surface area (Å²) in [6, 6.07) is 13.5. The largest absolute Gasteiger partial charge is 0.493 e. The maximum atomic E-state index is 13.0. The lowest BCUT2D eigenvalue weighted by Crippen LogP contribution is -2.28. The minimum Gasteiger partial charge on any atom is -0.493 e. The van der Waals surface area contributed by atoms with Crippen LogP contribution in [0.4, 0.5) is 5.69 Å². The molecular formula is C26H30N2O5. The van der Waals surface area contributed by atoms with Crippen LogP contribution in [-0.4, -0.2) is 61.9 Å². The number of benzene rings is 2. The second-order valence-corrected chi connectivity index (χ2v) is 8.86. The van der Waals surface area contributed by atoms with Crippen LogP contribution >= 0.6 is 0 Å². The maximum absolute atomic E-state index is 13.0. The normalized spacial score (nSPS) is 20.8. The fraction of sp³-hybridized carbons (Fsp3) is 0.423. The van der Waals surface area contributed by atoms with Crippen LogP contribution in [0.25, 0.3) is 0 Å². The van der Waals surface area contributed by atoms with Gasteiger partial charge in [-0.05, 0) is 61.1 Å². The molecule has 7 nitrogen and oxygen atoms in total. The quantitative estimate of drug-likeness (QED) is 0.632. The van der Waals surface area contributed by atoms with E-state index in [1.807, 2.05) is 30.3 Å². The van der Waals surface area contributed by atoms with Crippen molar-refractivity contribution in [2.45, 2.75) is 31.3 Å². The number of aliphatic hydroxyl groups excluding tert-OH is 1. The van der Waals surface area contributed by atoms with E-state index in [-0.39, 0.29) is 12.0 Å². The fourth-order valence-corrected chi connectivity index (χ4v) is 4.38. The van der Waals surface area contributed by atoms with E-state index in [0.717, 1.165) is 25.2 Å². The smallest absolute Gasteiger partial charge is 0.294 e. The SMILES string of the molecule is COc1cc(N2CC=C(Oc3ccc(C4CC4)cc3)C2=O)ccc1OCCN1CC[C@H](O)C1. The van der Waals surface area contributed by atoms with Gasteiger partial charge in [0.1, 0.15) is 12.4 Å². The standard InChI is InChI=1S/C26H30N2O5/c1-31-25-16-20(6-9-23(25)32-15-14-27-12-10-21(29)17-27)28-13-11-24(26(28)30)33-22-7-4-19(5-8-22)18-2-3-18/h4-9,11,16,18,21,29H,2-3,10,12-15,17H2,1H3/t21-/m0/s1. The summed E-state index contributed by atoms with van der Waals surface area (Å²) in [5, 5.41) is 9.64. The molecule has 1 amide bonds. The molecule has 2 fully saturated rings. The van der Waals surface area contributed by atoms with E-state index >= 15 is 0 Å². The number of hydrogen-bond donors (Lipinski definition) is 1. The average molecular weight is 451 g/mol. The molecule has 1 saturated carbocycles. The van der Waals surface area contributed by atoms with Gasteiger partial charge in [-0.25, -0.2) is 0 Å². The Hall–Kier alpha value is -3.03. The molecule has 1 N–H and O–H groups in total. The number of β-amino-alcohol motifs (C(OH)–C–C–N with tert-alkyl or cyclic N) is 1. The lowest BCUT2D eigenvalue weighted by Gasteiger charge is -2.20. The van der Waals surface area contributed by atoms with Crippen molar-refractivity contribution in [2.24, 2.45) is 0 Å². The zero-order valence-corrected chi connectivity index (χ0v) is 18.9. The monoisotopic (exact) mass is 450 g/mol. The summed E-state index contributed by atoms with van der Waals surface area (Å²) in [5.41, 5.74) is 2.06. The molecule has 3 aliphatic rings. The van der Waals surface area contributed by atoms with Crippen molar-refractivity contribution in [1.29, 1.82) is 0 Å². The molecule has 1 aliphatic carbocycles. The predicted octanol–water partition coefficient (Wildman–Crippen LogP) is 3.33. The summed E-state index contributed by atoms with van der Waals surface area (Å²) >= 11 is 0. The molecule has 2 aliphatic heterocycles. The number of carbonyl (C=O) groups excluding carboxylic acids is 1. The van der Waals surface area contributed by atoms with Crippen LogP contribution in [0.3, 0.4) is 0 Å². The van der Waals surface area contributed by atoms with Crippen molar-refractivity contribution in [3.05, 3.63) is 59.9 Å². The van der Waals surface area contributed by atoms with Gasteiger partial charge in [-0.2, -0.15) is 0 Å². The van der Waals surface area contributed by atoms with Gasteiger partial charge in [0.15, 0.2) is 17.3 Å². The van der Waals surface area contributed by atoms with Crippen molar-refractivity contribution >= 4 is 11.6 Å². The Balaban J connectivity index is 1.18. The summed E-state index contributed by atoms with van der Waals surface area (Å²) in [6.07, 6.45) is 4.90. The number of aliphatic hydroxyl groups is 1. The molecule has 2 heterocycles. The summed E-state index contributed by atoms with van der Waals surface area (Å²) < 4.78 is 17.3. The molecule has 1 saturated heterocycles. The van der Waals surface area contributed by atoms with Crippen LogP contribution in [-0.2, 0) is 4.79 Å². The summed E-state index contributed by atoms with van der Waals surface area (Å²) in [4.78, 5) is 16.8. The van der Waals surface area contributed by atoms with Crippen molar-refractivity contribution < 1.29 is 24.1 Å². The maximum Gasteiger partial charge on any atom is 0.294 e. The third kappa shape index (κ3) is 4.99. The van der Waals surface area contributed by atoms with Crippen LogP contribution in [0.15, 0.2) is 54.3 Å². The first-order valence-corrected chi connectivity index (χ1v) is 11.6. The minimum absolute atomic E-state index is 0.176. The number of likely N-dealkylation sites (tertiary alicyclic amines) is 1. The molecule has 0 unspecified atom stereocenters. The molecule has 1 atom stereocenters. The van der Waals surface area contributed by atoms with Gasteiger partial charge in [0, 0.05) is 37.9 Å². The molecule has 2 aromatic carbocycles. The second-order valence-electron chi connectivity index (χ2n) is 8.86. The molecular weight excluding hydrogens is 420 g/mol. The van der Waals surface area contributed by atoms with Gasteiger partial charge in [-0.15, -0.1) is 0 Å². The predicted molar refractivity (Wildman–Crippen MR) is 125 cm³/mol. The van der Waals surface area contributed by atoms with Gasteiger partial charge in [0.25, 0.3) is 5.91 Å². The lowest BCUT2D eigenvalue weighted by molar-refractivity contribution is -0.116. The molecule has 2 aromatic rings. The van der Waals surface area contributed by atoms with Gasteiger partial charge < -0.3 is 24.2 Å². The molecule has 0 spiro atoms. The highest BCUT2D eigenvalue weighted by atomic mass is 16.5. The zero-order chi connectivity index (χ0) is 22.8. The van der Waals surface area contributed by atoms with E-state index in [4.69, 9.17) is 14.2 Å². The van der Waals surface area contributed by atoms with Crippen LogP contribution in [0.5, 0.6) is 17.2 Å². The highest BCUT2D eigenvalue weighted by Crippen LogP contribution is 2.40. The first-order valence-electron chi connectivity index (χ1n) is 11.6. The first kappa shape index (κ1) is 21.8. The van der Waals surface area contributed by atoms with E-state index < -0.39 is 0 Å². The highest BCUT2D eigenvalue weighted by molar-refractivity contribution is 6.07. The Labute approximate surface area is 194 Å². The highest BCUT2D eigenvalue weighted by Gasteiger charge is 2.28. The third-order valence-corrected chi connectivity index (χ3v) is 6.44. The molecule has 0 bridgehead atoms. The summed E-state index contributed by atoms with van der Waals surface area (Å²) in [5.74, 6) is 2.73. The van der Waals surface area contributed by atoms with Gasteiger partial charge in [0.2, 0.25) is 0 Å². The topological polar surface area (TPSA) is 71.5 Å². The van der Waals surface area contributed by atoms with Crippen molar-refractivity contribution in [3.63, 3.8) is 0 Å². The van der Waals surface area contributed by atoms with Crippen LogP contribution in [0.2, 0.25) is 0 Å². The number of ether oxygens (including phenoxy) is 3. The molecule has 33 heavy (non-hydrogen) atoms. The first-order chi connectivity index (χ1) is 16.1. The molecule has 0 radical (unpaired) electrons. The summed E-state index contributed by atoms with van der Waals surface area (Å²) in [6.45, 7) is 3.27. The van der Waals surface area contributed by atoms with E-state index in [9.17, 15) is 9.90 Å². The number of hydrogen-bond acceptors (Lipinski definition) is 6. The van der Waals surface area contributed by atoms with E-state index in [0.29, 0.717) is 48.6 Å². The number of carbonyl (C=O) groups is 1. The Morgan fingerprint density at radius 1 is 1.06 bits per heavy atom. The molecule has 7 heteroatoms. The average Bonchev–Trinajstić information content (AvgIpc) is 3.51. The molecule has 174 valence electrons. The fourth-order valence-electron chi connectivity index (χ4n) is 4.38. The lowest BCUT2D eigenvalue weighted by atomic mass is 10.1. The van der Waals surface area contributed by atoms with Gasteiger partial charge in [-0.3, -0.25) is 9.69 Å². The van der Waals surface area contributed by atoms with E-state index in [1.54, 1.807) is 18.1 Å². The Bertz CT molecular complexity index is 1030. The number of amides is 1. The van der Waals surface area contributed by atoms with Crippen molar-refractivity contribution in [2.75, 3.05) is 44.8 Å². The summed E-state index contributed by atoms with van der Waals surface area (Å²) in [7, 11) is 1.59. The second kappa shape index (κ2) is 9.45. The molecule has 5 rings (SSSR count). The zero-order valence-electron chi connectivity index (χ0n) is 18.9. The van der Waals surface area contributed by atoms with Crippen LogP contribution in [0, 0.1) is 0 Å². The van der Waals surface area contributed by atoms with Crippen LogP contribution in [0.1, 0.15) is 30.7 Å². The Kier molecular flexibility index (Phi) is 6.24. The molecule has 0 aromatic heterocycles. The van der Waals surface area contributed by atoms with Crippen molar-refractivity contribution in [3.8, 4) is 17.2 Å². The number of rotatable bonds is 9. The minimum atomic E-state index is -0.235. The number of nitrogens with zero attached hydrogens (tertiary/aromatic N) is 2. The third-order valence-electron chi connectivity index (χ3n) is 6.44.